The summed E-state index contributed by atoms with van der Waals surface area (Å²) in [6, 6.07) is 18.7. The van der Waals surface area contributed by atoms with E-state index >= 15 is 0 Å². The highest BCUT2D eigenvalue weighted by molar-refractivity contribution is 7.92. The quantitative estimate of drug-likeness (QED) is 0.123. The molecule has 0 saturated carbocycles. The Balaban J connectivity index is 0.00000705. The number of aliphatic hydroxyl groups excluding tert-OH is 1. The summed E-state index contributed by atoms with van der Waals surface area (Å²) >= 11 is 0. The van der Waals surface area contributed by atoms with E-state index in [0.29, 0.717) is 23.6 Å². The highest BCUT2D eigenvalue weighted by Crippen LogP contribution is 2.29. The number of aromatic hydroxyl groups is 1. The van der Waals surface area contributed by atoms with Gasteiger partial charge in [-0.05, 0) is 66.9 Å². The highest BCUT2D eigenvalue weighted by Gasteiger charge is 2.18. The number of benzene rings is 3. The van der Waals surface area contributed by atoms with Crippen LogP contribution in [0.4, 0.5) is 5.69 Å². The van der Waals surface area contributed by atoms with Crippen molar-refractivity contribution in [2.45, 2.75) is 25.9 Å². The molecule has 0 aliphatic carbocycles. The van der Waals surface area contributed by atoms with Crippen LogP contribution in [-0.4, -0.2) is 76.3 Å². The van der Waals surface area contributed by atoms with Crippen molar-refractivity contribution in [2.24, 2.45) is 0 Å². The smallest absolute Gasteiger partial charge is 0.344 e. The fraction of sp³-hybridized carbons (Fsp3) is 0.355. The van der Waals surface area contributed by atoms with Crippen LogP contribution >= 0.6 is 12.4 Å². The zero-order valence-corrected chi connectivity index (χ0v) is 26.9. The summed E-state index contributed by atoms with van der Waals surface area (Å²) in [6.07, 6.45) is -0.0382. The molecule has 3 aromatic rings. The van der Waals surface area contributed by atoms with Crippen LogP contribution in [0.5, 0.6) is 17.2 Å². The molecule has 0 aliphatic rings. The average Bonchev–Trinajstić information content (AvgIpc) is 2.98. The number of carbonyl (C=O) groups is 2. The molecule has 0 saturated heterocycles. The van der Waals surface area contributed by atoms with E-state index in [1.807, 2.05) is 24.3 Å². The summed E-state index contributed by atoms with van der Waals surface area (Å²) in [4.78, 5) is 23.3. The van der Waals surface area contributed by atoms with Gasteiger partial charge in [0, 0.05) is 19.0 Å². The van der Waals surface area contributed by atoms with E-state index in [9.17, 15) is 28.2 Å². The third kappa shape index (κ3) is 12.5. The minimum atomic E-state index is -3.63. The van der Waals surface area contributed by atoms with Crippen LogP contribution < -0.4 is 19.5 Å². The first-order valence-corrected chi connectivity index (χ1v) is 15.8. The molecule has 0 aromatic heterocycles. The Morgan fingerprint density at radius 3 is 1.69 bits per heavy atom. The Kier molecular flexibility index (Phi) is 14.9. The van der Waals surface area contributed by atoms with Crippen LogP contribution in [0.1, 0.15) is 42.6 Å². The molecule has 1 atom stereocenters. The van der Waals surface area contributed by atoms with Gasteiger partial charge in [-0.15, -0.1) is 12.4 Å². The Bertz CT molecular complexity index is 1420. The fourth-order valence-electron chi connectivity index (χ4n) is 4.24. The van der Waals surface area contributed by atoms with Gasteiger partial charge in [0.1, 0.15) is 17.2 Å². The van der Waals surface area contributed by atoms with Crippen molar-refractivity contribution in [3.8, 4) is 17.2 Å². The van der Waals surface area contributed by atoms with Crippen molar-refractivity contribution in [1.29, 1.82) is 0 Å². The molecule has 3 aromatic carbocycles. The van der Waals surface area contributed by atoms with Gasteiger partial charge in [-0.1, -0.05) is 30.3 Å². The molecular weight excluding hydrogens is 628 g/mol. The maximum Gasteiger partial charge on any atom is 0.344 e. The maximum absolute atomic E-state index is 11.6. The lowest BCUT2D eigenvalue weighted by atomic mass is 9.91. The third-order valence-electron chi connectivity index (χ3n) is 6.28. The predicted molar refractivity (Wildman–Crippen MR) is 171 cm³/mol. The number of aliphatic hydroxyl groups is 1. The van der Waals surface area contributed by atoms with Gasteiger partial charge in [-0.3, -0.25) is 4.72 Å². The predicted octanol–water partition coefficient (Wildman–Crippen LogP) is 3.52. The largest absolute Gasteiger partial charge is 0.506 e. The van der Waals surface area contributed by atoms with E-state index in [-0.39, 0.29) is 62.7 Å². The molecule has 0 spiro atoms. The molecule has 0 bridgehead atoms. The van der Waals surface area contributed by atoms with E-state index < -0.39 is 28.1 Å². The van der Waals surface area contributed by atoms with Gasteiger partial charge in [0.2, 0.25) is 10.0 Å². The standard InChI is InChI=1S/C31H38N2O10S.ClH/c1-4-40-30(36)19-42-24-11-6-21(7-12-24)26(22-8-13-25(14-9-22)43-20-31(37)41-5-2)17-32-18-29(35)23-10-15-28(34)27(16-23)33-44(3,38)39;/h6-16,26,29,32-35H,4-5,17-20H2,1-3H3;1H. The molecule has 12 nitrogen and oxygen atoms in total. The third-order valence-corrected chi connectivity index (χ3v) is 6.87. The lowest BCUT2D eigenvalue weighted by molar-refractivity contribution is -0.146. The number of hydrogen-bond acceptors (Lipinski definition) is 11. The normalized spacial score (nSPS) is 11.7. The van der Waals surface area contributed by atoms with Crippen LogP contribution in [0.3, 0.4) is 0 Å². The van der Waals surface area contributed by atoms with Crippen molar-refractivity contribution in [1.82, 2.24) is 5.32 Å². The number of esters is 2. The van der Waals surface area contributed by atoms with Crippen LogP contribution in [0.25, 0.3) is 0 Å². The van der Waals surface area contributed by atoms with Crippen LogP contribution in [0.15, 0.2) is 66.7 Å². The molecule has 0 radical (unpaired) electrons. The van der Waals surface area contributed by atoms with Crippen LogP contribution in [0.2, 0.25) is 0 Å². The maximum atomic E-state index is 11.6. The van der Waals surface area contributed by atoms with Crippen molar-refractivity contribution in [2.75, 3.05) is 50.5 Å². The second-order valence-electron chi connectivity index (χ2n) is 9.70. The number of phenols is 1. The van der Waals surface area contributed by atoms with Gasteiger partial charge in [-0.2, -0.15) is 0 Å². The Labute approximate surface area is 269 Å². The molecule has 4 N–H and O–H groups in total. The second-order valence-corrected chi connectivity index (χ2v) is 11.5. The number of rotatable bonds is 17. The monoisotopic (exact) mass is 666 g/mol. The lowest BCUT2D eigenvalue weighted by Crippen LogP contribution is -2.27. The van der Waals surface area contributed by atoms with Gasteiger partial charge in [0.25, 0.3) is 0 Å². The van der Waals surface area contributed by atoms with Crippen molar-refractivity contribution < 1.29 is 47.2 Å². The van der Waals surface area contributed by atoms with Crippen molar-refractivity contribution >= 4 is 40.1 Å². The molecule has 0 fully saturated rings. The highest BCUT2D eigenvalue weighted by atomic mass is 35.5. The van der Waals surface area contributed by atoms with Gasteiger partial charge in [0.15, 0.2) is 13.2 Å². The number of hydrogen-bond donors (Lipinski definition) is 4. The molecule has 45 heavy (non-hydrogen) atoms. The van der Waals surface area contributed by atoms with Gasteiger partial charge < -0.3 is 34.5 Å². The number of nitrogens with one attached hydrogen (secondary N) is 2. The minimum Gasteiger partial charge on any atom is -0.506 e. The molecule has 3 rings (SSSR count). The summed E-state index contributed by atoms with van der Waals surface area (Å²) in [5, 5.41) is 24.1. The average molecular weight is 667 g/mol. The van der Waals surface area contributed by atoms with Crippen molar-refractivity contribution in [3.63, 3.8) is 0 Å². The van der Waals surface area contributed by atoms with Crippen LogP contribution in [0, 0.1) is 0 Å². The van der Waals surface area contributed by atoms with Gasteiger partial charge in [-0.25, -0.2) is 18.0 Å². The molecule has 0 aliphatic heterocycles. The van der Waals surface area contributed by atoms with Crippen molar-refractivity contribution in [3.05, 3.63) is 83.4 Å². The number of halogens is 1. The first-order chi connectivity index (χ1) is 21.0. The van der Waals surface area contributed by atoms with Gasteiger partial charge >= 0.3 is 11.9 Å². The zero-order chi connectivity index (χ0) is 32.1. The molecule has 246 valence electrons. The summed E-state index contributed by atoms with van der Waals surface area (Å²) < 4.78 is 46.3. The molecule has 1 unspecified atom stereocenters. The minimum absolute atomic E-state index is 0. The summed E-state index contributed by atoms with van der Waals surface area (Å²) in [7, 11) is -3.63. The zero-order valence-electron chi connectivity index (χ0n) is 25.2. The molecule has 14 heteroatoms. The Hall–Kier alpha value is -4.04. The summed E-state index contributed by atoms with van der Waals surface area (Å²) in [5.41, 5.74) is 2.21. The van der Waals surface area contributed by atoms with Crippen LogP contribution in [-0.2, 0) is 29.1 Å². The first-order valence-electron chi connectivity index (χ1n) is 13.9. The topological polar surface area (TPSA) is 170 Å². The van der Waals surface area contributed by atoms with E-state index in [1.165, 1.54) is 18.2 Å². The summed E-state index contributed by atoms with van der Waals surface area (Å²) in [6.45, 7) is 4.08. The van der Waals surface area contributed by atoms with E-state index in [2.05, 4.69) is 10.0 Å². The molecule has 0 amide bonds. The number of anilines is 1. The van der Waals surface area contributed by atoms with Gasteiger partial charge in [0.05, 0.1) is 31.3 Å². The number of carbonyl (C=O) groups excluding carboxylic acids is 2. The second kappa shape index (κ2) is 18.1. The van der Waals surface area contributed by atoms with E-state index in [0.717, 1.165) is 17.4 Å². The molecule has 0 heterocycles. The number of ether oxygens (including phenoxy) is 4. The lowest BCUT2D eigenvalue weighted by Gasteiger charge is -2.21. The fourth-order valence-corrected chi connectivity index (χ4v) is 4.80. The summed E-state index contributed by atoms with van der Waals surface area (Å²) in [5.74, 6) is -0.382. The Morgan fingerprint density at radius 2 is 1.24 bits per heavy atom. The molecular formula is C31H39ClN2O10S. The van der Waals surface area contributed by atoms with E-state index in [4.69, 9.17) is 18.9 Å². The number of phenolic OH excluding ortho intramolecular Hbond substituents is 1. The SMILES string of the molecule is CCOC(=O)COc1ccc(C(CNCC(O)c2ccc(O)c(NS(C)(=O)=O)c2)c2ccc(OCC(=O)OCC)cc2)cc1.Cl. The van der Waals surface area contributed by atoms with E-state index in [1.54, 1.807) is 38.1 Å². The number of sulfonamides is 1. The Morgan fingerprint density at radius 1 is 0.778 bits per heavy atom. The first kappa shape index (κ1) is 37.1.